The van der Waals surface area contributed by atoms with Crippen LogP contribution in [0.25, 0.3) is 0 Å². The minimum Gasteiger partial charge on any atom is -0.508 e. The van der Waals surface area contributed by atoms with Crippen molar-refractivity contribution in [3.63, 3.8) is 0 Å². The first-order chi connectivity index (χ1) is 6.15. The Hall–Kier alpha value is -0.800. The molecule has 0 saturated carbocycles. The Balaban J connectivity index is 2.97. The smallest absolute Gasteiger partial charge is 0.116 e. The van der Waals surface area contributed by atoms with E-state index in [9.17, 15) is 10.2 Å². The number of hydrogen-bond donors (Lipinski definition) is 2. The standard InChI is InChI=1S/C10H11BrO2/c1-2-3-10(13)8-6-7(12)4-5-9(8)11/h2,4-6,10,12-13H,1,3H2/t10-/m1/s1. The Morgan fingerprint density at radius 3 is 2.85 bits per heavy atom. The molecular weight excluding hydrogens is 232 g/mol. The summed E-state index contributed by atoms with van der Waals surface area (Å²) in [6, 6.07) is 4.81. The number of aromatic hydroxyl groups is 1. The Labute approximate surface area is 85.7 Å². The molecule has 0 bridgehead atoms. The average molecular weight is 243 g/mol. The number of aliphatic hydroxyl groups excluding tert-OH is 1. The second-order valence-electron chi connectivity index (χ2n) is 2.75. The Bertz CT molecular complexity index is 310. The highest BCUT2D eigenvalue weighted by Gasteiger charge is 2.09. The van der Waals surface area contributed by atoms with Crippen LogP contribution in [0.1, 0.15) is 18.1 Å². The van der Waals surface area contributed by atoms with Gasteiger partial charge in [0.1, 0.15) is 5.75 Å². The Morgan fingerprint density at radius 2 is 2.23 bits per heavy atom. The largest absolute Gasteiger partial charge is 0.508 e. The van der Waals surface area contributed by atoms with E-state index in [0.29, 0.717) is 12.0 Å². The summed E-state index contributed by atoms with van der Waals surface area (Å²) in [5.74, 6) is 0.154. The van der Waals surface area contributed by atoms with Gasteiger partial charge in [-0.2, -0.15) is 0 Å². The first-order valence-electron chi connectivity index (χ1n) is 3.92. The number of hydrogen-bond acceptors (Lipinski definition) is 2. The van der Waals surface area contributed by atoms with Crippen molar-refractivity contribution in [3.8, 4) is 5.75 Å². The van der Waals surface area contributed by atoms with E-state index in [0.717, 1.165) is 4.47 Å². The van der Waals surface area contributed by atoms with Crippen molar-refractivity contribution in [3.05, 3.63) is 40.9 Å². The zero-order valence-corrected chi connectivity index (χ0v) is 8.66. The highest BCUT2D eigenvalue weighted by Crippen LogP contribution is 2.28. The molecule has 0 aliphatic heterocycles. The van der Waals surface area contributed by atoms with Gasteiger partial charge in [0.05, 0.1) is 6.10 Å². The number of phenols is 1. The molecule has 13 heavy (non-hydrogen) atoms. The van der Waals surface area contributed by atoms with Gasteiger partial charge in [0.2, 0.25) is 0 Å². The number of rotatable bonds is 3. The number of benzene rings is 1. The zero-order valence-electron chi connectivity index (χ0n) is 7.07. The van der Waals surface area contributed by atoms with Crippen LogP contribution in [0.3, 0.4) is 0 Å². The van der Waals surface area contributed by atoms with Crippen LogP contribution < -0.4 is 0 Å². The van der Waals surface area contributed by atoms with Crippen molar-refractivity contribution in [2.24, 2.45) is 0 Å². The van der Waals surface area contributed by atoms with Gasteiger partial charge in [-0.1, -0.05) is 22.0 Å². The molecule has 0 saturated heterocycles. The summed E-state index contributed by atoms with van der Waals surface area (Å²) in [7, 11) is 0. The van der Waals surface area contributed by atoms with E-state index < -0.39 is 6.10 Å². The molecule has 0 spiro atoms. The maximum absolute atomic E-state index is 9.61. The summed E-state index contributed by atoms with van der Waals surface area (Å²) in [5, 5.41) is 18.8. The number of phenolic OH excluding ortho intramolecular Hbond substituents is 1. The molecule has 0 aliphatic carbocycles. The zero-order chi connectivity index (χ0) is 9.84. The van der Waals surface area contributed by atoms with Crippen LogP contribution in [0.5, 0.6) is 5.75 Å². The van der Waals surface area contributed by atoms with Gasteiger partial charge in [-0.05, 0) is 30.2 Å². The van der Waals surface area contributed by atoms with Gasteiger partial charge in [-0.25, -0.2) is 0 Å². The molecular formula is C10H11BrO2. The molecule has 2 nitrogen and oxygen atoms in total. The van der Waals surface area contributed by atoms with E-state index >= 15 is 0 Å². The maximum atomic E-state index is 9.61. The summed E-state index contributed by atoms with van der Waals surface area (Å²) in [4.78, 5) is 0. The van der Waals surface area contributed by atoms with E-state index in [1.807, 2.05) is 0 Å². The van der Waals surface area contributed by atoms with Crippen LogP contribution in [-0.2, 0) is 0 Å². The first-order valence-corrected chi connectivity index (χ1v) is 4.72. The average Bonchev–Trinajstić information content (AvgIpc) is 2.09. The van der Waals surface area contributed by atoms with E-state index in [1.165, 1.54) is 6.07 Å². The summed E-state index contributed by atoms with van der Waals surface area (Å²) in [6.07, 6.45) is 1.50. The van der Waals surface area contributed by atoms with Gasteiger partial charge in [0, 0.05) is 4.47 Å². The molecule has 0 fully saturated rings. The molecule has 0 aliphatic rings. The molecule has 1 aromatic carbocycles. The van der Waals surface area contributed by atoms with E-state index in [2.05, 4.69) is 22.5 Å². The lowest BCUT2D eigenvalue weighted by molar-refractivity contribution is 0.180. The highest BCUT2D eigenvalue weighted by atomic mass is 79.9. The lowest BCUT2D eigenvalue weighted by atomic mass is 10.1. The molecule has 0 aromatic heterocycles. The monoisotopic (exact) mass is 242 g/mol. The molecule has 0 amide bonds. The number of halogens is 1. The molecule has 1 atom stereocenters. The SMILES string of the molecule is C=CC[C@@H](O)c1cc(O)ccc1Br. The molecule has 0 heterocycles. The predicted molar refractivity (Wildman–Crippen MR) is 55.6 cm³/mol. The van der Waals surface area contributed by atoms with Gasteiger partial charge in [-0.15, -0.1) is 6.58 Å². The van der Waals surface area contributed by atoms with Crippen LogP contribution in [0.15, 0.2) is 35.3 Å². The molecule has 0 unspecified atom stereocenters. The van der Waals surface area contributed by atoms with Crippen LogP contribution in [-0.4, -0.2) is 10.2 Å². The summed E-state index contributed by atoms with van der Waals surface area (Å²) in [6.45, 7) is 3.54. The third kappa shape index (κ3) is 2.57. The van der Waals surface area contributed by atoms with E-state index in [4.69, 9.17) is 0 Å². The summed E-state index contributed by atoms with van der Waals surface area (Å²) < 4.78 is 0.791. The third-order valence-corrected chi connectivity index (χ3v) is 2.45. The van der Waals surface area contributed by atoms with Crippen LogP contribution >= 0.6 is 15.9 Å². The van der Waals surface area contributed by atoms with Crippen LogP contribution in [0.4, 0.5) is 0 Å². The van der Waals surface area contributed by atoms with Gasteiger partial charge in [0.25, 0.3) is 0 Å². The maximum Gasteiger partial charge on any atom is 0.116 e. The normalized spacial score (nSPS) is 12.5. The van der Waals surface area contributed by atoms with Gasteiger partial charge < -0.3 is 10.2 Å². The lowest BCUT2D eigenvalue weighted by Crippen LogP contribution is -1.96. The Kier molecular flexibility index (Phi) is 3.51. The molecule has 1 rings (SSSR count). The second-order valence-corrected chi connectivity index (χ2v) is 3.60. The number of aliphatic hydroxyl groups is 1. The minimum absolute atomic E-state index is 0.154. The summed E-state index contributed by atoms with van der Waals surface area (Å²) in [5.41, 5.74) is 0.680. The molecule has 2 N–H and O–H groups in total. The third-order valence-electron chi connectivity index (χ3n) is 1.73. The van der Waals surface area contributed by atoms with Crippen LogP contribution in [0.2, 0.25) is 0 Å². The molecule has 70 valence electrons. The molecule has 0 radical (unpaired) electrons. The van der Waals surface area contributed by atoms with Crippen molar-refractivity contribution in [2.45, 2.75) is 12.5 Å². The highest BCUT2D eigenvalue weighted by molar-refractivity contribution is 9.10. The minimum atomic E-state index is -0.612. The molecule has 1 aromatic rings. The fraction of sp³-hybridized carbons (Fsp3) is 0.200. The van der Waals surface area contributed by atoms with Crippen molar-refractivity contribution < 1.29 is 10.2 Å². The van der Waals surface area contributed by atoms with Crippen molar-refractivity contribution in [1.82, 2.24) is 0 Å². The lowest BCUT2D eigenvalue weighted by Gasteiger charge is -2.10. The topological polar surface area (TPSA) is 40.5 Å². The second kappa shape index (κ2) is 4.44. The fourth-order valence-electron chi connectivity index (χ4n) is 1.07. The van der Waals surface area contributed by atoms with E-state index in [1.54, 1.807) is 18.2 Å². The van der Waals surface area contributed by atoms with Crippen molar-refractivity contribution >= 4 is 15.9 Å². The summed E-state index contributed by atoms with van der Waals surface area (Å²) >= 11 is 3.30. The van der Waals surface area contributed by atoms with Gasteiger partial charge in [0.15, 0.2) is 0 Å². The fourth-order valence-corrected chi connectivity index (χ4v) is 1.58. The van der Waals surface area contributed by atoms with Gasteiger partial charge >= 0.3 is 0 Å². The van der Waals surface area contributed by atoms with E-state index in [-0.39, 0.29) is 5.75 Å². The first kappa shape index (κ1) is 10.3. The predicted octanol–water partition coefficient (Wildman–Crippen LogP) is 2.76. The van der Waals surface area contributed by atoms with Crippen molar-refractivity contribution in [2.75, 3.05) is 0 Å². The van der Waals surface area contributed by atoms with Crippen molar-refractivity contribution in [1.29, 1.82) is 0 Å². The van der Waals surface area contributed by atoms with Crippen LogP contribution in [0, 0.1) is 0 Å². The molecule has 3 heteroatoms. The quantitative estimate of drug-likeness (QED) is 0.801. The van der Waals surface area contributed by atoms with Gasteiger partial charge in [-0.3, -0.25) is 0 Å². The Morgan fingerprint density at radius 1 is 1.54 bits per heavy atom.